The summed E-state index contributed by atoms with van der Waals surface area (Å²) < 4.78 is 31.9. The predicted molar refractivity (Wildman–Crippen MR) is 139 cm³/mol. The fourth-order valence-electron chi connectivity index (χ4n) is 2.58. The van der Waals surface area contributed by atoms with E-state index in [1.165, 1.54) is 11.3 Å². The molecule has 0 aliphatic carbocycles. The van der Waals surface area contributed by atoms with E-state index in [9.17, 15) is 14.4 Å². The Hall–Kier alpha value is -3.26. The number of imide groups is 1. The zero-order valence-corrected chi connectivity index (χ0v) is 24.3. The third-order valence-electron chi connectivity index (χ3n) is 3.83. The van der Waals surface area contributed by atoms with E-state index >= 15 is 4.39 Å². The monoisotopic (exact) mass is 574 g/mol. The topological polar surface area (TPSA) is 136 Å². The van der Waals surface area contributed by atoms with Crippen molar-refractivity contribution in [3.05, 3.63) is 27.7 Å². The molecule has 210 valence electrons. The van der Waals surface area contributed by atoms with Crippen LogP contribution in [0.2, 0.25) is 5.28 Å². The lowest BCUT2D eigenvalue weighted by Gasteiger charge is -2.35. The van der Waals surface area contributed by atoms with Crippen LogP contribution in [0.5, 0.6) is 0 Å². The van der Waals surface area contributed by atoms with Crippen molar-refractivity contribution >= 4 is 52.9 Å². The van der Waals surface area contributed by atoms with Crippen LogP contribution in [0.4, 0.5) is 30.4 Å². The molecule has 1 N–H and O–H groups in total. The molecule has 0 aliphatic rings. The van der Waals surface area contributed by atoms with Gasteiger partial charge in [0.15, 0.2) is 5.82 Å². The number of aromatic nitrogens is 3. The van der Waals surface area contributed by atoms with Gasteiger partial charge in [0, 0.05) is 5.38 Å². The van der Waals surface area contributed by atoms with Crippen molar-refractivity contribution in [2.45, 2.75) is 85.7 Å². The molecular weight excluding hydrogens is 543 g/mol. The second-order valence-corrected chi connectivity index (χ2v) is 11.9. The standard InChI is InChI=1S/C23H32ClFN6O6S/c1-21(2,3)35-18(32)30(31(19(33)36-22(4,5)6)20(34)37-23(7,8)9)16-14(25)15(28-17(24)29-16)26-10-13-11-38-12-27-13/h11-12H,10H2,1-9H3,(H,26,28,29). The number of nitrogens with zero attached hydrogens (tertiary/aromatic N) is 5. The summed E-state index contributed by atoms with van der Waals surface area (Å²) in [7, 11) is 0. The molecule has 12 nitrogen and oxygen atoms in total. The van der Waals surface area contributed by atoms with E-state index in [2.05, 4.69) is 20.3 Å². The Morgan fingerprint density at radius 1 is 0.921 bits per heavy atom. The number of carbonyl (C=O) groups excluding carboxylic acids is 3. The summed E-state index contributed by atoms with van der Waals surface area (Å²) in [6.07, 6.45) is -4.05. The van der Waals surface area contributed by atoms with Gasteiger partial charge in [-0.15, -0.1) is 21.4 Å². The first-order chi connectivity index (χ1) is 17.3. The number of halogens is 2. The zero-order chi connectivity index (χ0) is 29.1. The lowest BCUT2D eigenvalue weighted by atomic mass is 10.2. The molecule has 15 heteroatoms. The van der Waals surface area contributed by atoms with Crippen molar-refractivity contribution in [2.75, 3.05) is 10.3 Å². The van der Waals surface area contributed by atoms with E-state index in [0.717, 1.165) is 0 Å². The molecule has 0 atom stereocenters. The Labute approximate surface area is 229 Å². The Kier molecular flexibility index (Phi) is 9.48. The molecule has 0 saturated carbocycles. The Bertz CT molecular complexity index is 1130. The fraction of sp³-hybridized carbons (Fsp3) is 0.565. The molecule has 0 aliphatic heterocycles. The highest BCUT2D eigenvalue weighted by Crippen LogP contribution is 2.29. The highest BCUT2D eigenvalue weighted by molar-refractivity contribution is 7.07. The first kappa shape index (κ1) is 31.0. The summed E-state index contributed by atoms with van der Waals surface area (Å²) in [6.45, 7) is 13.9. The Morgan fingerprint density at radius 3 is 1.87 bits per heavy atom. The van der Waals surface area contributed by atoms with Crippen LogP contribution in [0.3, 0.4) is 0 Å². The second-order valence-electron chi connectivity index (χ2n) is 10.9. The number of thiazole rings is 1. The van der Waals surface area contributed by atoms with Gasteiger partial charge < -0.3 is 19.5 Å². The van der Waals surface area contributed by atoms with Gasteiger partial charge in [-0.3, -0.25) is 0 Å². The first-order valence-corrected chi connectivity index (χ1v) is 12.7. The van der Waals surface area contributed by atoms with Crippen LogP contribution >= 0.6 is 22.9 Å². The van der Waals surface area contributed by atoms with Crippen molar-refractivity contribution in [3.8, 4) is 0 Å². The zero-order valence-electron chi connectivity index (χ0n) is 22.7. The van der Waals surface area contributed by atoms with Crippen LogP contribution in [0, 0.1) is 5.82 Å². The van der Waals surface area contributed by atoms with Gasteiger partial charge in [-0.05, 0) is 73.9 Å². The quantitative estimate of drug-likeness (QED) is 0.256. The van der Waals surface area contributed by atoms with Crippen LogP contribution in [0.1, 0.15) is 68.0 Å². The number of hydrazine groups is 1. The minimum Gasteiger partial charge on any atom is -0.442 e. The lowest BCUT2D eigenvalue weighted by molar-refractivity contribution is -0.00704. The molecule has 0 spiro atoms. The van der Waals surface area contributed by atoms with E-state index in [-0.39, 0.29) is 16.6 Å². The molecule has 0 bridgehead atoms. The number of hydrogen-bond acceptors (Lipinski definition) is 11. The molecule has 2 rings (SSSR count). The maximum absolute atomic E-state index is 15.8. The number of hydrogen-bond donors (Lipinski definition) is 1. The minimum absolute atomic E-state index is 0.0570. The van der Waals surface area contributed by atoms with Crippen LogP contribution in [-0.4, -0.2) is 55.0 Å². The minimum atomic E-state index is -1.36. The highest BCUT2D eigenvalue weighted by atomic mass is 35.5. The van der Waals surface area contributed by atoms with Crippen LogP contribution in [0.25, 0.3) is 0 Å². The molecule has 0 fully saturated rings. The molecule has 2 aromatic heterocycles. The van der Waals surface area contributed by atoms with E-state index in [1.54, 1.807) is 73.2 Å². The smallest absolute Gasteiger partial charge is 0.440 e. The maximum atomic E-state index is 15.8. The van der Waals surface area contributed by atoms with E-state index < -0.39 is 57.8 Å². The predicted octanol–water partition coefficient (Wildman–Crippen LogP) is 6.17. The number of rotatable bonds is 4. The molecule has 3 amide bonds. The Balaban J connectivity index is 2.70. The molecule has 0 aromatic carbocycles. The van der Waals surface area contributed by atoms with Gasteiger partial charge in [0.25, 0.3) is 0 Å². The number of ether oxygens (including phenoxy) is 3. The third-order valence-corrected chi connectivity index (χ3v) is 4.63. The summed E-state index contributed by atoms with van der Waals surface area (Å²) in [6, 6.07) is 0. The first-order valence-electron chi connectivity index (χ1n) is 11.4. The molecule has 2 heterocycles. The molecular formula is C23H32ClFN6O6S. The SMILES string of the molecule is CC(C)(C)OC(=O)N(C(=O)OC(C)(C)C)N(C(=O)OC(C)(C)C)c1nc(Cl)nc(NCc2cscn2)c1F. The van der Waals surface area contributed by atoms with Gasteiger partial charge in [0.1, 0.15) is 16.8 Å². The summed E-state index contributed by atoms with van der Waals surface area (Å²) in [5.74, 6) is -2.50. The van der Waals surface area contributed by atoms with Gasteiger partial charge in [-0.25, -0.2) is 19.4 Å². The third kappa shape index (κ3) is 9.24. The van der Waals surface area contributed by atoms with Gasteiger partial charge in [-0.1, -0.05) is 0 Å². The summed E-state index contributed by atoms with van der Waals surface area (Å²) >= 11 is 7.40. The highest BCUT2D eigenvalue weighted by Gasteiger charge is 2.43. The average Bonchev–Trinajstić information content (AvgIpc) is 3.21. The van der Waals surface area contributed by atoms with Crippen LogP contribution in [0.15, 0.2) is 10.9 Å². The molecule has 0 saturated heterocycles. The molecule has 38 heavy (non-hydrogen) atoms. The van der Waals surface area contributed by atoms with Crippen LogP contribution in [-0.2, 0) is 20.8 Å². The summed E-state index contributed by atoms with van der Waals surface area (Å²) in [5, 5.41) is 4.38. The Morgan fingerprint density at radius 2 is 1.42 bits per heavy atom. The summed E-state index contributed by atoms with van der Waals surface area (Å²) in [4.78, 5) is 51.7. The van der Waals surface area contributed by atoms with Crippen LogP contribution < -0.4 is 10.3 Å². The van der Waals surface area contributed by atoms with Crippen molar-refractivity contribution in [1.82, 2.24) is 20.0 Å². The van der Waals surface area contributed by atoms with Gasteiger partial charge >= 0.3 is 18.3 Å². The lowest BCUT2D eigenvalue weighted by Crippen LogP contribution is -2.57. The number of amides is 3. The average molecular weight is 575 g/mol. The fourth-order valence-corrected chi connectivity index (χ4v) is 3.30. The van der Waals surface area contributed by atoms with Gasteiger partial charge in [0.05, 0.1) is 17.7 Å². The van der Waals surface area contributed by atoms with E-state index in [4.69, 9.17) is 25.8 Å². The van der Waals surface area contributed by atoms with Gasteiger partial charge in [-0.2, -0.15) is 14.4 Å². The van der Waals surface area contributed by atoms with Gasteiger partial charge in [0.2, 0.25) is 16.9 Å². The van der Waals surface area contributed by atoms with Crippen molar-refractivity contribution in [3.63, 3.8) is 0 Å². The molecule has 0 unspecified atom stereocenters. The number of anilines is 2. The maximum Gasteiger partial charge on any atom is 0.440 e. The number of nitrogens with one attached hydrogen (secondary N) is 1. The number of carbonyl (C=O) groups is 3. The normalized spacial score (nSPS) is 12.0. The largest absolute Gasteiger partial charge is 0.442 e. The van der Waals surface area contributed by atoms with Crippen molar-refractivity contribution in [2.24, 2.45) is 0 Å². The molecule has 2 aromatic rings. The summed E-state index contributed by atoms with van der Waals surface area (Å²) in [5.41, 5.74) is -1.17. The van der Waals surface area contributed by atoms with E-state index in [0.29, 0.717) is 5.69 Å². The second kappa shape index (κ2) is 11.6. The van der Waals surface area contributed by atoms with Crippen molar-refractivity contribution in [1.29, 1.82) is 0 Å². The van der Waals surface area contributed by atoms with Crippen molar-refractivity contribution < 1.29 is 33.0 Å². The van der Waals surface area contributed by atoms with E-state index in [1.807, 2.05) is 0 Å². The molecule has 0 radical (unpaired) electrons.